The van der Waals surface area contributed by atoms with Crippen LogP contribution in [0.4, 0.5) is 5.13 Å². The standard InChI is InChI=1S/C19H15N3O3S3/c1-24-14-6-3-5-11(16(14)25-2)18-20-13(10-27-18)17(23)22-19-21-12(9-28-19)15-7-4-8-26-15/h3-10H,1-2H3,(H,21,22,23). The van der Waals surface area contributed by atoms with Gasteiger partial charge in [0.2, 0.25) is 0 Å². The molecule has 0 saturated carbocycles. The monoisotopic (exact) mass is 429 g/mol. The predicted molar refractivity (Wildman–Crippen MR) is 114 cm³/mol. The van der Waals surface area contributed by atoms with Crippen molar-refractivity contribution in [3.63, 3.8) is 0 Å². The molecule has 6 nitrogen and oxygen atoms in total. The van der Waals surface area contributed by atoms with Crippen LogP contribution in [-0.4, -0.2) is 30.1 Å². The van der Waals surface area contributed by atoms with Gasteiger partial charge in [0, 0.05) is 10.8 Å². The molecule has 142 valence electrons. The van der Waals surface area contributed by atoms with Gasteiger partial charge in [0.1, 0.15) is 10.7 Å². The third-order valence-corrected chi connectivity index (χ3v) is 6.39. The van der Waals surface area contributed by atoms with E-state index >= 15 is 0 Å². The number of para-hydroxylation sites is 1. The zero-order valence-electron chi connectivity index (χ0n) is 15.0. The summed E-state index contributed by atoms with van der Waals surface area (Å²) in [5.41, 5.74) is 1.97. The minimum absolute atomic E-state index is 0.295. The van der Waals surface area contributed by atoms with E-state index in [-0.39, 0.29) is 5.91 Å². The molecule has 0 aliphatic rings. The molecule has 3 heterocycles. The number of aromatic nitrogens is 2. The maximum Gasteiger partial charge on any atom is 0.276 e. The van der Waals surface area contributed by atoms with Crippen molar-refractivity contribution in [1.29, 1.82) is 0 Å². The van der Waals surface area contributed by atoms with Gasteiger partial charge in [0.25, 0.3) is 5.91 Å². The van der Waals surface area contributed by atoms with Gasteiger partial charge in [-0.05, 0) is 23.6 Å². The maximum absolute atomic E-state index is 12.6. The summed E-state index contributed by atoms with van der Waals surface area (Å²) in [6, 6.07) is 9.54. The largest absolute Gasteiger partial charge is 0.493 e. The Hall–Kier alpha value is -2.75. The second kappa shape index (κ2) is 8.09. The number of ether oxygens (including phenoxy) is 2. The number of nitrogens with one attached hydrogen (secondary N) is 1. The first-order valence-corrected chi connectivity index (χ1v) is 10.8. The van der Waals surface area contributed by atoms with E-state index < -0.39 is 0 Å². The van der Waals surface area contributed by atoms with Crippen LogP contribution in [0.15, 0.2) is 46.5 Å². The van der Waals surface area contributed by atoms with Gasteiger partial charge in [-0.25, -0.2) is 9.97 Å². The molecule has 1 aromatic carbocycles. The lowest BCUT2D eigenvalue weighted by molar-refractivity contribution is 0.102. The molecule has 3 aromatic heterocycles. The van der Waals surface area contributed by atoms with Crippen molar-refractivity contribution in [1.82, 2.24) is 9.97 Å². The molecule has 0 unspecified atom stereocenters. The number of rotatable bonds is 6. The number of nitrogens with zero attached hydrogens (tertiary/aromatic N) is 2. The molecule has 28 heavy (non-hydrogen) atoms. The van der Waals surface area contributed by atoms with E-state index in [2.05, 4.69) is 15.3 Å². The lowest BCUT2D eigenvalue weighted by Crippen LogP contribution is -2.12. The fourth-order valence-electron chi connectivity index (χ4n) is 2.59. The highest BCUT2D eigenvalue weighted by Gasteiger charge is 2.18. The SMILES string of the molecule is COc1cccc(-c2nc(C(=O)Nc3nc(-c4cccs4)cs3)cs2)c1OC. The van der Waals surface area contributed by atoms with Gasteiger partial charge in [-0.2, -0.15) is 0 Å². The molecule has 0 radical (unpaired) electrons. The molecule has 0 spiro atoms. The van der Waals surface area contributed by atoms with Crippen molar-refractivity contribution < 1.29 is 14.3 Å². The van der Waals surface area contributed by atoms with Gasteiger partial charge >= 0.3 is 0 Å². The number of anilines is 1. The van der Waals surface area contributed by atoms with Crippen LogP contribution in [0.1, 0.15) is 10.5 Å². The Morgan fingerprint density at radius 2 is 1.89 bits per heavy atom. The molecular formula is C19H15N3O3S3. The second-order valence-electron chi connectivity index (χ2n) is 5.55. The molecule has 0 atom stereocenters. The number of amides is 1. The first-order chi connectivity index (χ1) is 13.7. The minimum atomic E-state index is -0.295. The van der Waals surface area contributed by atoms with Gasteiger partial charge in [0.05, 0.1) is 30.4 Å². The van der Waals surface area contributed by atoms with Crippen molar-refractivity contribution in [2.45, 2.75) is 0 Å². The van der Waals surface area contributed by atoms with Crippen LogP contribution in [0.3, 0.4) is 0 Å². The summed E-state index contributed by atoms with van der Waals surface area (Å²) in [7, 11) is 3.16. The van der Waals surface area contributed by atoms with E-state index in [1.807, 2.05) is 41.1 Å². The van der Waals surface area contributed by atoms with Gasteiger partial charge in [-0.1, -0.05) is 12.1 Å². The number of thiazole rings is 2. The molecule has 0 saturated heterocycles. The van der Waals surface area contributed by atoms with Crippen LogP contribution >= 0.6 is 34.0 Å². The molecule has 0 aliphatic carbocycles. The summed E-state index contributed by atoms with van der Waals surface area (Å²) in [4.78, 5) is 22.6. The van der Waals surface area contributed by atoms with E-state index in [0.29, 0.717) is 27.3 Å². The molecule has 0 fully saturated rings. The maximum atomic E-state index is 12.6. The minimum Gasteiger partial charge on any atom is -0.493 e. The Morgan fingerprint density at radius 3 is 2.64 bits per heavy atom. The lowest BCUT2D eigenvalue weighted by Gasteiger charge is -2.10. The Bertz CT molecular complexity index is 1100. The Balaban J connectivity index is 1.54. The molecule has 0 bridgehead atoms. The molecule has 4 rings (SSSR count). The van der Waals surface area contributed by atoms with Gasteiger partial charge < -0.3 is 9.47 Å². The van der Waals surface area contributed by atoms with Crippen molar-refractivity contribution in [2.75, 3.05) is 19.5 Å². The highest BCUT2D eigenvalue weighted by Crippen LogP contribution is 2.39. The zero-order chi connectivity index (χ0) is 19.5. The average molecular weight is 430 g/mol. The quantitative estimate of drug-likeness (QED) is 0.452. The third-order valence-electron chi connectivity index (χ3n) is 3.87. The number of carbonyl (C=O) groups excluding carboxylic acids is 1. The van der Waals surface area contributed by atoms with Crippen LogP contribution in [0.5, 0.6) is 11.5 Å². The van der Waals surface area contributed by atoms with Crippen molar-refractivity contribution >= 4 is 45.0 Å². The van der Waals surface area contributed by atoms with E-state index in [1.165, 1.54) is 22.7 Å². The zero-order valence-corrected chi connectivity index (χ0v) is 17.4. The van der Waals surface area contributed by atoms with E-state index in [1.54, 1.807) is 30.9 Å². The second-order valence-corrected chi connectivity index (χ2v) is 8.21. The Labute approximate surface area is 173 Å². The summed E-state index contributed by atoms with van der Waals surface area (Å²) < 4.78 is 10.8. The van der Waals surface area contributed by atoms with E-state index in [9.17, 15) is 4.79 Å². The van der Waals surface area contributed by atoms with E-state index in [4.69, 9.17) is 9.47 Å². The van der Waals surface area contributed by atoms with Gasteiger partial charge in [-0.3, -0.25) is 10.1 Å². The molecule has 4 aromatic rings. The molecule has 9 heteroatoms. The van der Waals surface area contributed by atoms with Crippen LogP contribution in [-0.2, 0) is 0 Å². The number of methoxy groups -OCH3 is 2. The van der Waals surface area contributed by atoms with Crippen LogP contribution < -0.4 is 14.8 Å². The average Bonchev–Trinajstić information content (AvgIpc) is 3.48. The number of thiophene rings is 1. The van der Waals surface area contributed by atoms with Gasteiger partial charge in [0.15, 0.2) is 16.6 Å². The fraction of sp³-hybridized carbons (Fsp3) is 0.105. The smallest absolute Gasteiger partial charge is 0.276 e. The van der Waals surface area contributed by atoms with E-state index in [0.717, 1.165) is 16.1 Å². The summed E-state index contributed by atoms with van der Waals surface area (Å²) in [6.45, 7) is 0. The fourth-order valence-corrected chi connectivity index (χ4v) is 4.88. The molecular weight excluding hydrogens is 414 g/mol. The van der Waals surface area contributed by atoms with Crippen LogP contribution in [0.2, 0.25) is 0 Å². The topological polar surface area (TPSA) is 73.3 Å². The highest BCUT2D eigenvalue weighted by molar-refractivity contribution is 7.16. The first-order valence-electron chi connectivity index (χ1n) is 8.17. The summed E-state index contributed by atoms with van der Waals surface area (Å²) >= 11 is 4.37. The molecule has 1 N–H and O–H groups in total. The number of hydrogen-bond acceptors (Lipinski definition) is 8. The summed E-state index contributed by atoms with van der Waals surface area (Å²) in [6.07, 6.45) is 0. The first kappa shape index (κ1) is 18.6. The van der Waals surface area contributed by atoms with Crippen LogP contribution in [0.25, 0.3) is 21.1 Å². The normalized spacial score (nSPS) is 10.6. The van der Waals surface area contributed by atoms with Crippen LogP contribution in [0, 0.1) is 0 Å². The van der Waals surface area contributed by atoms with Crippen molar-refractivity contribution in [3.05, 3.63) is 52.2 Å². The summed E-state index contributed by atoms with van der Waals surface area (Å²) in [5.74, 6) is 0.911. The lowest BCUT2D eigenvalue weighted by atomic mass is 10.2. The third kappa shape index (κ3) is 3.64. The summed E-state index contributed by atoms with van der Waals surface area (Å²) in [5, 5.41) is 9.68. The van der Waals surface area contributed by atoms with Crippen molar-refractivity contribution in [2.24, 2.45) is 0 Å². The van der Waals surface area contributed by atoms with Gasteiger partial charge in [-0.15, -0.1) is 34.0 Å². The number of hydrogen-bond donors (Lipinski definition) is 1. The predicted octanol–water partition coefficient (Wildman–Crippen LogP) is 5.26. The molecule has 0 aliphatic heterocycles. The number of benzene rings is 1. The van der Waals surface area contributed by atoms with Crippen molar-refractivity contribution in [3.8, 4) is 32.6 Å². The Morgan fingerprint density at radius 1 is 1.00 bits per heavy atom. The number of carbonyl (C=O) groups is 1. The molecule has 1 amide bonds. The Kier molecular flexibility index (Phi) is 5.38. The highest BCUT2D eigenvalue weighted by atomic mass is 32.1.